The second-order valence-electron chi connectivity index (χ2n) is 14.0. The van der Waals surface area contributed by atoms with E-state index in [0.29, 0.717) is 17.5 Å². The molecule has 0 radical (unpaired) electrons. The highest BCUT2D eigenvalue weighted by Gasteiger charge is 2.23. The molecule has 0 aliphatic carbocycles. The Hall–Kier alpha value is -7.63. The molecule has 262 valence electrons. The molecule has 3 heterocycles. The largest absolute Gasteiger partial charge is 0.453 e. The van der Waals surface area contributed by atoms with Crippen molar-refractivity contribution in [3.63, 3.8) is 0 Å². The summed E-state index contributed by atoms with van der Waals surface area (Å²) in [7, 11) is 0. The highest BCUT2D eigenvalue weighted by Crippen LogP contribution is 2.44. The van der Waals surface area contributed by atoms with Gasteiger partial charge in [-0.3, -0.25) is 0 Å². The van der Waals surface area contributed by atoms with Crippen LogP contribution in [0.3, 0.4) is 0 Å². The molecule has 11 aromatic rings. The van der Waals surface area contributed by atoms with E-state index < -0.39 is 0 Å². The molecule has 0 atom stereocenters. The zero-order valence-electron chi connectivity index (χ0n) is 30.2. The lowest BCUT2D eigenvalue weighted by atomic mass is 9.93. The zero-order chi connectivity index (χ0) is 37.0. The minimum atomic E-state index is 0.588. The van der Waals surface area contributed by atoms with Crippen LogP contribution in [0.5, 0.6) is 0 Å². The van der Waals surface area contributed by atoms with Crippen LogP contribution in [0, 0.1) is 0 Å². The van der Waals surface area contributed by atoms with Crippen molar-refractivity contribution in [1.82, 2.24) is 19.5 Å². The molecule has 0 aliphatic rings. The van der Waals surface area contributed by atoms with Crippen LogP contribution in [0.1, 0.15) is 0 Å². The highest BCUT2D eigenvalue weighted by molar-refractivity contribution is 6.22. The van der Waals surface area contributed by atoms with Gasteiger partial charge in [0.15, 0.2) is 23.1 Å². The van der Waals surface area contributed by atoms with Crippen molar-refractivity contribution in [2.24, 2.45) is 0 Å². The van der Waals surface area contributed by atoms with Crippen LogP contribution in [-0.4, -0.2) is 19.5 Å². The van der Waals surface area contributed by atoms with Crippen LogP contribution in [-0.2, 0) is 0 Å². The number of hydrogen-bond acceptors (Lipinski definition) is 4. The molecule has 0 aliphatic heterocycles. The van der Waals surface area contributed by atoms with Crippen LogP contribution in [0.25, 0.3) is 106 Å². The molecular weight excluding hydrogens is 685 g/mol. The first-order valence-corrected chi connectivity index (χ1v) is 18.8. The zero-order valence-corrected chi connectivity index (χ0v) is 30.2. The molecular formula is C51H32N4O. The molecule has 0 bridgehead atoms. The third-order valence-electron chi connectivity index (χ3n) is 10.7. The Morgan fingerprint density at radius 1 is 0.339 bits per heavy atom. The molecule has 0 amide bonds. The van der Waals surface area contributed by atoms with E-state index in [1.54, 1.807) is 0 Å². The van der Waals surface area contributed by atoms with Gasteiger partial charge in [0.1, 0.15) is 5.58 Å². The number of aromatic nitrogens is 4. The molecule has 56 heavy (non-hydrogen) atoms. The number of nitrogens with zero attached hydrogens (tertiary/aromatic N) is 4. The van der Waals surface area contributed by atoms with Crippen LogP contribution in [0.15, 0.2) is 199 Å². The molecule has 11 rings (SSSR count). The first-order chi connectivity index (χ1) is 27.8. The van der Waals surface area contributed by atoms with Gasteiger partial charge < -0.3 is 8.98 Å². The van der Waals surface area contributed by atoms with Gasteiger partial charge >= 0.3 is 0 Å². The second-order valence-corrected chi connectivity index (χ2v) is 14.0. The molecule has 3 aromatic heterocycles. The average molecular weight is 717 g/mol. The molecule has 5 nitrogen and oxygen atoms in total. The maximum atomic E-state index is 7.16. The van der Waals surface area contributed by atoms with Crippen molar-refractivity contribution in [3.8, 4) is 62.1 Å². The summed E-state index contributed by atoms with van der Waals surface area (Å²) in [5, 5.41) is 4.45. The van der Waals surface area contributed by atoms with Gasteiger partial charge in [0, 0.05) is 49.5 Å². The number of fused-ring (bicyclic) bond motifs is 7. The van der Waals surface area contributed by atoms with Crippen molar-refractivity contribution in [2.45, 2.75) is 0 Å². The van der Waals surface area contributed by atoms with Crippen LogP contribution in [0.2, 0.25) is 0 Å². The number of rotatable bonds is 6. The van der Waals surface area contributed by atoms with Gasteiger partial charge in [-0.15, -0.1) is 0 Å². The molecule has 0 fully saturated rings. The summed E-state index contributed by atoms with van der Waals surface area (Å²) in [6.07, 6.45) is 0. The predicted molar refractivity (Wildman–Crippen MR) is 229 cm³/mol. The molecule has 0 unspecified atom stereocenters. The fraction of sp³-hybridized carbons (Fsp3) is 0. The number of benzene rings is 8. The fourth-order valence-electron chi connectivity index (χ4n) is 8.06. The number of hydrogen-bond donors (Lipinski definition) is 0. The maximum Gasteiger partial charge on any atom is 0.164 e. The van der Waals surface area contributed by atoms with Crippen molar-refractivity contribution in [1.29, 1.82) is 0 Å². The van der Waals surface area contributed by atoms with E-state index >= 15 is 0 Å². The van der Waals surface area contributed by atoms with Gasteiger partial charge in [0.05, 0.1) is 11.0 Å². The van der Waals surface area contributed by atoms with E-state index in [1.165, 1.54) is 5.39 Å². The van der Waals surface area contributed by atoms with Gasteiger partial charge in [-0.1, -0.05) is 164 Å². The molecule has 0 N–H and O–H groups in total. The summed E-state index contributed by atoms with van der Waals surface area (Å²) in [4.78, 5) is 15.4. The van der Waals surface area contributed by atoms with E-state index in [1.807, 2.05) is 66.7 Å². The Kier molecular flexibility index (Phi) is 7.42. The summed E-state index contributed by atoms with van der Waals surface area (Å²) in [5.74, 6) is 1.82. The lowest BCUT2D eigenvalue weighted by Crippen LogP contribution is -2.01. The first-order valence-electron chi connectivity index (χ1n) is 18.8. The Balaban J connectivity index is 1.20. The van der Waals surface area contributed by atoms with E-state index in [4.69, 9.17) is 19.4 Å². The fourth-order valence-corrected chi connectivity index (χ4v) is 8.06. The molecule has 0 saturated heterocycles. The first kappa shape index (κ1) is 31.9. The third kappa shape index (κ3) is 5.21. The Labute approximate surface area is 322 Å². The van der Waals surface area contributed by atoms with Gasteiger partial charge in [-0.25, -0.2) is 15.0 Å². The van der Waals surface area contributed by atoms with Crippen molar-refractivity contribution < 1.29 is 4.42 Å². The van der Waals surface area contributed by atoms with Crippen LogP contribution < -0.4 is 0 Å². The van der Waals surface area contributed by atoms with E-state index in [-0.39, 0.29) is 0 Å². The van der Waals surface area contributed by atoms with Crippen LogP contribution >= 0.6 is 0 Å². The molecule has 0 saturated carbocycles. The molecule has 0 spiro atoms. The SMILES string of the molecule is c1ccc(-c2ccc(-c3cccc4c3oc3c4ccc4c5ccccc5n(-c5ccccc5)c43)c(-c3nc(-c4ccccc4)nc(-c4ccccc4)n3)c2)cc1. The van der Waals surface area contributed by atoms with E-state index in [2.05, 4.69) is 132 Å². The minimum Gasteiger partial charge on any atom is -0.453 e. The lowest BCUT2D eigenvalue weighted by molar-refractivity contribution is 0.672. The number of furan rings is 1. The van der Waals surface area contributed by atoms with Crippen molar-refractivity contribution in [3.05, 3.63) is 194 Å². The summed E-state index contributed by atoms with van der Waals surface area (Å²) < 4.78 is 9.49. The molecule has 5 heteroatoms. The third-order valence-corrected chi connectivity index (χ3v) is 10.7. The maximum absolute atomic E-state index is 7.16. The van der Waals surface area contributed by atoms with Crippen molar-refractivity contribution >= 4 is 43.7 Å². The van der Waals surface area contributed by atoms with E-state index in [9.17, 15) is 0 Å². The Morgan fingerprint density at radius 2 is 0.893 bits per heavy atom. The average Bonchev–Trinajstić information content (AvgIpc) is 3.84. The van der Waals surface area contributed by atoms with Gasteiger partial charge in [0.25, 0.3) is 0 Å². The monoisotopic (exact) mass is 716 g/mol. The highest BCUT2D eigenvalue weighted by atomic mass is 16.3. The molecule has 8 aromatic carbocycles. The Morgan fingerprint density at radius 3 is 1.59 bits per heavy atom. The topological polar surface area (TPSA) is 56.7 Å². The van der Waals surface area contributed by atoms with Gasteiger partial charge in [-0.2, -0.15) is 0 Å². The standard InChI is InChI=1S/C51H32N4O/c1-5-16-33(17-6-1)36-28-29-38(44(32-36)51-53-49(34-18-7-2-8-19-34)52-50(54-51)35-20-9-3-10-21-35)41-25-15-26-42-43-31-30-40-39-24-13-14-27-45(39)55(37-22-11-4-12-23-37)46(40)48(43)56-47(41)42/h1-32H. The lowest BCUT2D eigenvalue weighted by Gasteiger charge is -2.14. The summed E-state index contributed by atoms with van der Waals surface area (Å²) >= 11 is 0. The van der Waals surface area contributed by atoms with E-state index in [0.717, 1.165) is 83.0 Å². The van der Waals surface area contributed by atoms with Crippen LogP contribution in [0.4, 0.5) is 0 Å². The summed E-state index contributed by atoms with van der Waals surface area (Å²) in [5.41, 5.74) is 11.8. The quantitative estimate of drug-likeness (QED) is 0.172. The van der Waals surface area contributed by atoms with Gasteiger partial charge in [-0.05, 0) is 47.0 Å². The Bertz CT molecular complexity index is 3170. The predicted octanol–water partition coefficient (Wildman–Crippen LogP) is 13.2. The number of para-hydroxylation sites is 3. The second kappa shape index (κ2) is 13.0. The smallest absolute Gasteiger partial charge is 0.164 e. The summed E-state index contributed by atoms with van der Waals surface area (Å²) in [6, 6.07) is 67.2. The normalized spacial score (nSPS) is 11.6. The van der Waals surface area contributed by atoms with Gasteiger partial charge in [0.2, 0.25) is 0 Å². The van der Waals surface area contributed by atoms with Crippen molar-refractivity contribution in [2.75, 3.05) is 0 Å². The minimum absolute atomic E-state index is 0.588. The summed E-state index contributed by atoms with van der Waals surface area (Å²) in [6.45, 7) is 0.